The maximum atomic E-state index is 12.9. The summed E-state index contributed by atoms with van der Waals surface area (Å²) in [6.07, 6.45) is 0.0415. The van der Waals surface area contributed by atoms with Gasteiger partial charge in [-0.15, -0.1) is 0 Å². The number of nitrogen functional groups attached to an aromatic ring is 1. The summed E-state index contributed by atoms with van der Waals surface area (Å²) < 4.78 is 38.8. The van der Waals surface area contributed by atoms with Crippen molar-refractivity contribution in [3.8, 4) is 0 Å². The van der Waals surface area contributed by atoms with Crippen molar-refractivity contribution in [1.82, 2.24) is 0 Å². The zero-order valence-corrected chi connectivity index (χ0v) is 11.9. The number of imide groups is 1. The third-order valence-electron chi connectivity index (χ3n) is 5.00. The lowest BCUT2D eigenvalue weighted by molar-refractivity contribution is -0.137. The van der Waals surface area contributed by atoms with Crippen LogP contribution in [0.15, 0.2) is 30.4 Å². The van der Waals surface area contributed by atoms with Crippen LogP contribution in [0.5, 0.6) is 0 Å². The number of carbonyl (C=O) groups excluding carboxylic acids is 2. The number of nitrogens with two attached hydrogens (primary N) is 1. The maximum absolute atomic E-state index is 12.9. The van der Waals surface area contributed by atoms with Gasteiger partial charge in [-0.1, -0.05) is 12.2 Å². The van der Waals surface area contributed by atoms with Gasteiger partial charge in [0, 0.05) is 5.69 Å². The Hall–Kier alpha value is -2.31. The van der Waals surface area contributed by atoms with E-state index in [1.165, 1.54) is 6.07 Å². The van der Waals surface area contributed by atoms with E-state index in [2.05, 4.69) is 0 Å². The standard InChI is InChI=1S/C16H13F3N2O2/c17-16(18,19)9-4-10(20)6-11(5-9)21-14(22)12-7-1-2-8(3-7)13(12)15(21)23/h1-2,4-8,12-13H,3,20H2. The van der Waals surface area contributed by atoms with E-state index in [4.69, 9.17) is 5.73 Å². The Kier molecular flexibility index (Phi) is 2.71. The fraction of sp³-hybridized carbons (Fsp3) is 0.375. The minimum absolute atomic E-state index is 0.00888. The normalized spacial score (nSPS) is 32.0. The molecule has 1 saturated heterocycles. The van der Waals surface area contributed by atoms with Crippen LogP contribution in [-0.4, -0.2) is 11.8 Å². The molecule has 0 radical (unpaired) electrons. The Morgan fingerprint density at radius 3 is 2.09 bits per heavy atom. The van der Waals surface area contributed by atoms with E-state index in [0.717, 1.165) is 23.5 Å². The molecule has 7 heteroatoms. The molecule has 2 bridgehead atoms. The largest absolute Gasteiger partial charge is 0.416 e. The maximum Gasteiger partial charge on any atom is 0.416 e. The van der Waals surface area contributed by atoms with Crippen molar-refractivity contribution in [2.45, 2.75) is 12.6 Å². The van der Waals surface area contributed by atoms with Gasteiger partial charge in [-0.05, 0) is 36.5 Å². The molecule has 0 aromatic heterocycles. The monoisotopic (exact) mass is 322 g/mol. The Bertz CT molecular complexity index is 726. The van der Waals surface area contributed by atoms with E-state index in [9.17, 15) is 22.8 Å². The number of carbonyl (C=O) groups is 2. The molecule has 1 heterocycles. The zero-order chi connectivity index (χ0) is 16.5. The van der Waals surface area contributed by atoms with Crippen molar-refractivity contribution in [2.24, 2.45) is 23.7 Å². The first-order valence-electron chi connectivity index (χ1n) is 7.31. The van der Waals surface area contributed by atoms with Crippen molar-refractivity contribution in [2.75, 3.05) is 10.6 Å². The van der Waals surface area contributed by atoms with Crippen LogP contribution in [0.4, 0.5) is 24.5 Å². The van der Waals surface area contributed by atoms with Crippen molar-refractivity contribution in [3.63, 3.8) is 0 Å². The van der Waals surface area contributed by atoms with Crippen LogP contribution >= 0.6 is 0 Å². The number of hydrogen-bond donors (Lipinski definition) is 1. The van der Waals surface area contributed by atoms with E-state index in [1.54, 1.807) is 0 Å². The molecule has 4 nitrogen and oxygen atoms in total. The van der Waals surface area contributed by atoms with Gasteiger partial charge in [-0.2, -0.15) is 13.2 Å². The number of rotatable bonds is 1. The number of fused-ring (bicyclic) bond motifs is 5. The first-order valence-corrected chi connectivity index (χ1v) is 7.31. The lowest BCUT2D eigenvalue weighted by atomic mass is 9.85. The van der Waals surface area contributed by atoms with Crippen LogP contribution in [0.3, 0.4) is 0 Å². The highest BCUT2D eigenvalue weighted by Gasteiger charge is 2.59. The number of benzene rings is 1. The molecule has 2 fully saturated rings. The minimum atomic E-state index is -4.59. The summed E-state index contributed by atoms with van der Waals surface area (Å²) >= 11 is 0. The fourth-order valence-electron chi connectivity index (χ4n) is 4.08. The van der Waals surface area contributed by atoms with Gasteiger partial charge in [-0.25, -0.2) is 4.90 Å². The average molecular weight is 322 g/mol. The second-order valence-electron chi connectivity index (χ2n) is 6.32. The van der Waals surface area contributed by atoms with Gasteiger partial charge in [0.1, 0.15) is 0 Å². The summed E-state index contributed by atoms with van der Waals surface area (Å²) in [5.41, 5.74) is 4.34. The molecule has 2 amide bonds. The Morgan fingerprint density at radius 2 is 1.57 bits per heavy atom. The van der Waals surface area contributed by atoms with Crippen molar-refractivity contribution in [3.05, 3.63) is 35.9 Å². The van der Waals surface area contributed by atoms with Gasteiger partial charge < -0.3 is 5.73 Å². The summed E-state index contributed by atoms with van der Waals surface area (Å²) in [4.78, 5) is 26.1. The topological polar surface area (TPSA) is 63.4 Å². The third kappa shape index (κ3) is 1.92. The lowest BCUT2D eigenvalue weighted by Gasteiger charge is -2.19. The molecule has 120 valence electrons. The third-order valence-corrected chi connectivity index (χ3v) is 5.00. The quantitative estimate of drug-likeness (QED) is 0.491. The van der Waals surface area contributed by atoms with Gasteiger partial charge in [0.2, 0.25) is 11.8 Å². The van der Waals surface area contributed by atoms with Gasteiger partial charge in [0.05, 0.1) is 23.1 Å². The second kappa shape index (κ2) is 4.37. The molecule has 1 saturated carbocycles. The summed E-state index contributed by atoms with van der Waals surface area (Å²) in [5, 5.41) is 0. The van der Waals surface area contributed by atoms with E-state index in [1.807, 2.05) is 12.2 Å². The Morgan fingerprint density at radius 1 is 1.00 bits per heavy atom. The van der Waals surface area contributed by atoms with Crippen LogP contribution in [0, 0.1) is 23.7 Å². The van der Waals surface area contributed by atoms with Gasteiger partial charge >= 0.3 is 6.18 Å². The van der Waals surface area contributed by atoms with Crippen molar-refractivity contribution >= 4 is 23.2 Å². The molecule has 2 aliphatic carbocycles. The average Bonchev–Trinajstić information content (AvgIpc) is 3.11. The predicted octanol–water partition coefficient (Wildman–Crippen LogP) is 2.60. The molecular weight excluding hydrogens is 309 g/mol. The molecule has 4 rings (SSSR count). The fourth-order valence-corrected chi connectivity index (χ4v) is 4.08. The number of allylic oxidation sites excluding steroid dienone is 2. The number of nitrogens with zero attached hydrogens (tertiary/aromatic N) is 1. The SMILES string of the molecule is Nc1cc(N2C(=O)C3C4C=CC(C4)C3C2=O)cc(C(F)(F)F)c1. The number of halogens is 3. The number of hydrogen-bond acceptors (Lipinski definition) is 3. The molecule has 0 spiro atoms. The molecule has 1 aromatic carbocycles. The Balaban J connectivity index is 1.76. The van der Waals surface area contributed by atoms with Crippen LogP contribution in [0.1, 0.15) is 12.0 Å². The molecule has 3 aliphatic rings. The highest BCUT2D eigenvalue weighted by Crippen LogP contribution is 2.53. The van der Waals surface area contributed by atoms with Crippen LogP contribution in [-0.2, 0) is 15.8 Å². The van der Waals surface area contributed by atoms with E-state index < -0.39 is 35.4 Å². The van der Waals surface area contributed by atoms with Gasteiger partial charge in [0.15, 0.2) is 0 Å². The first kappa shape index (κ1) is 14.3. The molecule has 1 aliphatic heterocycles. The summed E-state index contributed by atoms with van der Waals surface area (Å²) in [6.45, 7) is 0. The lowest BCUT2D eigenvalue weighted by Crippen LogP contribution is -2.33. The number of alkyl halides is 3. The molecule has 4 unspecified atom stereocenters. The van der Waals surface area contributed by atoms with Gasteiger partial charge in [0.25, 0.3) is 0 Å². The van der Waals surface area contributed by atoms with Crippen molar-refractivity contribution < 1.29 is 22.8 Å². The van der Waals surface area contributed by atoms with E-state index in [-0.39, 0.29) is 23.2 Å². The van der Waals surface area contributed by atoms with Crippen molar-refractivity contribution in [1.29, 1.82) is 0 Å². The van der Waals surface area contributed by atoms with Crippen LogP contribution in [0.2, 0.25) is 0 Å². The summed E-state index contributed by atoms with van der Waals surface area (Å²) in [5.74, 6) is -1.73. The highest BCUT2D eigenvalue weighted by atomic mass is 19.4. The second-order valence-corrected chi connectivity index (χ2v) is 6.32. The summed E-state index contributed by atoms with van der Waals surface area (Å²) in [7, 11) is 0. The minimum Gasteiger partial charge on any atom is -0.399 e. The smallest absolute Gasteiger partial charge is 0.399 e. The zero-order valence-electron chi connectivity index (χ0n) is 11.9. The van der Waals surface area contributed by atoms with E-state index in [0.29, 0.717) is 0 Å². The highest BCUT2D eigenvalue weighted by molar-refractivity contribution is 6.23. The molecule has 2 N–H and O–H groups in total. The molecule has 4 atom stereocenters. The molecule has 1 aromatic rings. The van der Waals surface area contributed by atoms with Gasteiger partial charge in [-0.3, -0.25) is 9.59 Å². The number of amides is 2. The number of anilines is 2. The Labute approximate surface area is 129 Å². The summed E-state index contributed by atoms with van der Waals surface area (Å²) in [6, 6.07) is 2.84. The van der Waals surface area contributed by atoms with Crippen LogP contribution < -0.4 is 10.6 Å². The van der Waals surface area contributed by atoms with E-state index >= 15 is 0 Å². The molecule has 23 heavy (non-hydrogen) atoms. The predicted molar refractivity (Wildman–Crippen MR) is 76.1 cm³/mol. The first-order chi connectivity index (χ1) is 10.8. The van der Waals surface area contributed by atoms with Crippen LogP contribution in [0.25, 0.3) is 0 Å². The molecular formula is C16H13F3N2O2.